The van der Waals surface area contributed by atoms with Crippen LogP contribution in [0.3, 0.4) is 0 Å². The molecule has 194 valence electrons. The summed E-state index contributed by atoms with van der Waals surface area (Å²) in [5, 5.41) is 13.0. The Morgan fingerprint density at radius 1 is 1.03 bits per heavy atom. The summed E-state index contributed by atoms with van der Waals surface area (Å²) in [6.45, 7) is -3.15. The monoisotopic (exact) mass is 591 g/mol. The molecule has 4 aliphatic heterocycles. The predicted octanol–water partition coefficient (Wildman–Crippen LogP) is 4.30. The second-order valence-corrected chi connectivity index (χ2v) is 10.9. The maximum absolute atomic E-state index is 14.0. The van der Waals surface area contributed by atoms with Crippen molar-refractivity contribution in [2.24, 2.45) is 11.8 Å². The summed E-state index contributed by atoms with van der Waals surface area (Å²) in [5.41, 5.74) is -1.12. The first-order chi connectivity index (χ1) is 17.5. The maximum atomic E-state index is 14.0. The van der Waals surface area contributed by atoms with Gasteiger partial charge in [-0.15, -0.1) is 0 Å². The lowest BCUT2D eigenvalue weighted by molar-refractivity contribution is -0.135. The van der Waals surface area contributed by atoms with Crippen molar-refractivity contribution in [2.75, 3.05) is 16.8 Å². The zero-order valence-corrected chi connectivity index (χ0v) is 21.4. The van der Waals surface area contributed by atoms with E-state index >= 15 is 0 Å². The van der Waals surface area contributed by atoms with Crippen molar-refractivity contribution in [3.8, 4) is 5.75 Å². The number of aliphatic hydroxyl groups excluding tert-OH is 1. The molecule has 0 aliphatic carbocycles. The lowest BCUT2D eigenvalue weighted by Gasteiger charge is -2.36. The number of carbonyl (C=O) groups excluding carboxylic acids is 3. The minimum atomic E-state index is -3.20. The minimum Gasteiger partial charge on any atom is -0.432 e. The average molecular weight is 593 g/mol. The number of nitrogens with one attached hydrogen (secondary N) is 1. The van der Waals surface area contributed by atoms with Crippen molar-refractivity contribution in [1.29, 1.82) is 0 Å². The molecule has 8 nitrogen and oxygen atoms in total. The maximum Gasteiger partial charge on any atom is 0.387 e. The molecule has 0 radical (unpaired) electrons. The molecule has 6 rings (SSSR count). The first-order valence-electron chi connectivity index (χ1n) is 11.0. The molecule has 0 bridgehead atoms. The fourth-order valence-corrected chi connectivity index (χ4v) is 7.45. The third kappa shape index (κ3) is 3.30. The third-order valence-corrected chi connectivity index (χ3v) is 8.57. The molecule has 5 atom stereocenters. The summed E-state index contributed by atoms with van der Waals surface area (Å²) < 4.78 is 29.9. The zero-order valence-electron chi connectivity index (χ0n) is 18.4. The fraction of sp³-hybridized carbons (Fsp3) is 0.348. The van der Waals surface area contributed by atoms with Crippen LogP contribution in [0.5, 0.6) is 5.75 Å². The normalized spacial score (nSPS) is 30.4. The number of aliphatic hydroxyl groups is 1. The van der Waals surface area contributed by atoms with Gasteiger partial charge in [0.25, 0.3) is 5.91 Å². The number of imide groups is 1. The van der Waals surface area contributed by atoms with Crippen LogP contribution in [0, 0.1) is 11.8 Å². The second-order valence-electron chi connectivity index (χ2n) is 9.27. The summed E-state index contributed by atoms with van der Waals surface area (Å²) in [5.74, 6) is -4.63. The number of anilines is 2. The zero-order chi connectivity index (χ0) is 26.5. The summed E-state index contributed by atoms with van der Waals surface area (Å²) in [6, 6.07) is 4.56. The van der Waals surface area contributed by atoms with E-state index in [2.05, 4.69) is 10.1 Å². The quantitative estimate of drug-likeness (QED) is 0.516. The molecule has 3 saturated heterocycles. The topological polar surface area (TPSA) is 99.2 Å². The van der Waals surface area contributed by atoms with Crippen LogP contribution in [0.25, 0.3) is 0 Å². The highest BCUT2D eigenvalue weighted by molar-refractivity contribution is 6.39. The molecule has 37 heavy (non-hydrogen) atoms. The number of benzene rings is 2. The van der Waals surface area contributed by atoms with Crippen LogP contribution in [0.2, 0.25) is 20.1 Å². The Morgan fingerprint density at radius 2 is 1.70 bits per heavy atom. The number of rotatable bonds is 3. The Balaban J connectivity index is 1.52. The molecule has 5 unspecified atom stereocenters. The van der Waals surface area contributed by atoms with E-state index in [4.69, 9.17) is 46.4 Å². The largest absolute Gasteiger partial charge is 0.432 e. The van der Waals surface area contributed by atoms with Gasteiger partial charge in [0.1, 0.15) is 5.54 Å². The average Bonchev–Trinajstić information content (AvgIpc) is 3.46. The Hall–Kier alpha value is -2.21. The summed E-state index contributed by atoms with van der Waals surface area (Å²) in [4.78, 5) is 44.1. The number of ether oxygens (including phenoxy) is 1. The van der Waals surface area contributed by atoms with Crippen molar-refractivity contribution < 1.29 is 33.0 Å². The summed E-state index contributed by atoms with van der Waals surface area (Å²) >= 11 is 24.8. The molecule has 0 aromatic heterocycles. The van der Waals surface area contributed by atoms with Crippen LogP contribution in [0.1, 0.15) is 12.0 Å². The SMILES string of the molecule is O=C1C2C3CC(O)CN3C3(C(=O)Nc4c(Cl)cc(Cl)cc43)C2C(=O)N1c1cc(Cl)c(OC(F)F)c(Cl)c1. The Bertz CT molecular complexity index is 1390. The molecule has 2 N–H and O–H groups in total. The van der Waals surface area contributed by atoms with E-state index in [9.17, 15) is 28.3 Å². The lowest BCUT2D eigenvalue weighted by Crippen LogP contribution is -2.54. The number of amides is 3. The second kappa shape index (κ2) is 8.39. The predicted molar refractivity (Wildman–Crippen MR) is 130 cm³/mol. The van der Waals surface area contributed by atoms with Gasteiger partial charge in [0.15, 0.2) is 5.75 Å². The highest BCUT2D eigenvalue weighted by atomic mass is 35.5. The van der Waals surface area contributed by atoms with Crippen LogP contribution in [0.15, 0.2) is 24.3 Å². The number of hydrogen-bond acceptors (Lipinski definition) is 6. The molecule has 2 aromatic rings. The summed E-state index contributed by atoms with van der Waals surface area (Å²) in [6.07, 6.45) is -0.698. The molecule has 3 fully saturated rings. The van der Waals surface area contributed by atoms with Crippen LogP contribution in [-0.2, 0) is 19.9 Å². The number of halogens is 6. The standard InChI is InChI=1S/C23H15Cl4F2N3O5/c24-7-1-10-17(11(25)2-7)30-21(36)23(10)16-15(14-5-9(33)6-31(14)23)19(34)32(20(16)35)8-3-12(26)18(13(27)4-8)37-22(28)29/h1-4,9,14-16,22,33H,5-6H2,(H,30,36). The van der Waals surface area contributed by atoms with Crippen molar-refractivity contribution in [3.63, 3.8) is 0 Å². The van der Waals surface area contributed by atoms with Gasteiger partial charge in [0, 0.05) is 23.2 Å². The van der Waals surface area contributed by atoms with Crippen LogP contribution in [0.4, 0.5) is 20.2 Å². The van der Waals surface area contributed by atoms with Crippen molar-refractivity contribution in [1.82, 2.24) is 4.90 Å². The van der Waals surface area contributed by atoms with E-state index in [1.165, 1.54) is 12.1 Å². The first kappa shape index (κ1) is 25.1. The molecule has 1 spiro atoms. The molecule has 4 aliphatic rings. The fourth-order valence-electron chi connectivity index (χ4n) is 6.34. The number of carbonyl (C=O) groups is 3. The Kier molecular flexibility index (Phi) is 5.69. The van der Waals surface area contributed by atoms with Gasteiger partial charge >= 0.3 is 6.61 Å². The van der Waals surface area contributed by atoms with E-state index in [0.29, 0.717) is 5.56 Å². The smallest absolute Gasteiger partial charge is 0.387 e. The number of hydrogen-bond donors (Lipinski definition) is 2. The third-order valence-electron chi connectivity index (χ3n) is 7.49. The Morgan fingerprint density at radius 3 is 2.35 bits per heavy atom. The highest BCUT2D eigenvalue weighted by Crippen LogP contribution is 2.62. The van der Waals surface area contributed by atoms with E-state index in [0.717, 1.165) is 17.0 Å². The first-order valence-corrected chi connectivity index (χ1v) is 12.6. The van der Waals surface area contributed by atoms with Gasteiger partial charge in [-0.05, 0) is 30.7 Å². The summed E-state index contributed by atoms with van der Waals surface area (Å²) in [7, 11) is 0. The molecule has 3 amide bonds. The van der Waals surface area contributed by atoms with Crippen LogP contribution < -0.4 is 15.0 Å². The van der Waals surface area contributed by atoms with Gasteiger partial charge in [-0.2, -0.15) is 8.78 Å². The highest BCUT2D eigenvalue weighted by Gasteiger charge is 2.75. The van der Waals surface area contributed by atoms with Crippen molar-refractivity contribution in [3.05, 3.63) is 49.9 Å². The van der Waals surface area contributed by atoms with Crippen molar-refractivity contribution in [2.45, 2.75) is 30.7 Å². The van der Waals surface area contributed by atoms with Gasteiger partial charge in [-0.1, -0.05) is 46.4 Å². The molecular weight excluding hydrogens is 578 g/mol. The lowest BCUT2D eigenvalue weighted by atomic mass is 9.75. The number of alkyl halides is 2. The van der Waals surface area contributed by atoms with Gasteiger partial charge in [0.2, 0.25) is 11.8 Å². The van der Waals surface area contributed by atoms with Gasteiger partial charge in [0.05, 0.1) is 44.4 Å². The number of nitrogens with zero attached hydrogens (tertiary/aromatic N) is 2. The van der Waals surface area contributed by atoms with E-state index < -0.39 is 59.6 Å². The van der Waals surface area contributed by atoms with Gasteiger partial charge in [-0.25, -0.2) is 4.90 Å². The van der Waals surface area contributed by atoms with Crippen LogP contribution in [-0.4, -0.2) is 53.0 Å². The molecule has 4 heterocycles. The van der Waals surface area contributed by atoms with E-state index in [1.807, 2.05) is 0 Å². The Labute approximate surface area is 227 Å². The van der Waals surface area contributed by atoms with E-state index in [-0.39, 0.29) is 44.4 Å². The minimum absolute atomic E-state index is 0.0482. The van der Waals surface area contributed by atoms with Crippen molar-refractivity contribution >= 4 is 75.5 Å². The molecule has 14 heteroatoms. The van der Waals surface area contributed by atoms with Crippen LogP contribution >= 0.6 is 46.4 Å². The van der Waals surface area contributed by atoms with E-state index in [1.54, 1.807) is 4.90 Å². The molecular formula is C23H15Cl4F2N3O5. The molecule has 0 saturated carbocycles. The van der Waals surface area contributed by atoms with Gasteiger partial charge in [-0.3, -0.25) is 19.3 Å². The van der Waals surface area contributed by atoms with Gasteiger partial charge < -0.3 is 15.2 Å². The number of fused-ring (bicyclic) bond motifs is 7. The molecule has 2 aromatic carbocycles.